The summed E-state index contributed by atoms with van der Waals surface area (Å²) in [6, 6.07) is 7.33. The molecule has 0 spiro atoms. The molecule has 2 fully saturated rings. The van der Waals surface area contributed by atoms with Crippen LogP contribution in [0, 0.1) is 0 Å². The van der Waals surface area contributed by atoms with Crippen molar-refractivity contribution in [3.8, 4) is 0 Å². The second-order valence-corrected chi connectivity index (χ2v) is 6.64. The Kier molecular flexibility index (Phi) is 4.44. The summed E-state index contributed by atoms with van der Waals surface area (Å²) in [5.74, 6) is 0. The molecule has 0 saturated carbocycles. The lowest BCUT2D eigenvalue weighted by molar-refractivity contribution is 0.399. The van der Waals surface area contributed by atoms with Crippen LogP contribution in [-0.4, -0.2) is 25.7 Å². The normalized spacial score (nSPS) is 23.8. The van der Waals surface area contributed by atoms with E-state index in [1.54, 1.807) is 0 Å². The SMILES string of the molecule is Brc1cccc(N2CCCC2)c1CC1CCCCN1. The summed E-state index contributed by atoms with van der Waals surface area (Å²) >= 11 is 3.77. The van der Waals surface area contributed by atoms with Crippen LogP contribution in [0.2, 0.25) is 0 Å². The smallest absolute Gasteiger partial charge is 0.0410 e. The number of nitrogens with one attached hydrogen (secondary N) is 1. The Morgan fingerprint density at radius 1 is 1.16 bits per heavy atom. The van der Waals surface area contributed by atoms with E-state index in [9.17, 15) is 0 Å². The molecule has 19 heavy (non-hydrogen) atoms. The number of piperidine rings is 1. The molecule has 2 aliphatic heterocycles. The summed E-state index contributed by atoms with van der Waals surface area (Å²) in [5, 5.41) is 3.67. The first-order chi connectivity index (χ1) is 9.34. The first kappa shape index (κ1) is 13.4. The predicted octanol–water partition coefficient (Wildman–Crippen LogP) is 3.73. The van der Waals surface area contributed by atoms with Gasteiger partial charge in [0, 0.05) is 29.3 Å². The van der Waals surface area contributed by atoms with Gasteiger partial charge in [-0.25, -0.2) is 0 Å². The number of nitrogens with zero attached hydrogens (tertiary/aromatic N) is 1. The van der Waals surface area contributed by atoms with Crippen LogP contribution in [0.15, 0.2) is 22.7 Å². The number of rotatable bonds is 3. The summed E-state index contributed by atoms with van der Waals surface area (Å²) in [6.07, 6.45) is 7.88. The molecule has 1 unspecified atom stereocenters. The highest BCUT2D eigenvalue weighted by Gasteiger charge is 2.20. The second-order valence-electron chi connectivity index (χ2n) is 5.78. The fourth-order valence-corrected chi connectivity index (χ4v) is 3.87. The van der Waals surface area contributed by atoms with E-state index in [0.717, 1.165) is 6.42 Å². The van der Waals surface area contributed by atoms with E-state index in [4.69, 9.17) is 0 Å². The van der Waals surface area contributed by atoms with Crippen molar-refractivity contribution >= 4 is 21.6 Å². The van der Waals surface area contributed by atoms with Crippen LogP contribution in [0.3, 0.4) is 0 Å². The van der Waals surface area contributed by atoms with Gasteiger partial charge in [-0.1, -0.05) is 28.4 Å². The van der Waals surface area contributed by atoms with Crippen molar-refractivity contribution in [1.29, 1.82) is 0 Å². The largest absolute Gasteiger partial charge is 0.371 e. The molecule has 0 amide bonds. The highest BCUT2D eigenvalue weighted by atomic mass is 79.9. The van der Waals surface area contributed by atoms with Gasteiger partial charge >= 0.3 is 0 Å². The van der Waals surface area contributed by atoms with Crippen molar-refractivity contribution in [3.05, 3.63) is 28.2 Å². The number of hydrogen-bond donors (Lipinski definition) is 1. The highest BCUT2D eigenvalue weighted by molar-refractivity contribution is 9.10. The van der Waals surface area contributed by atoms with Crippen LogP contribution in [0.1, 0.15) is 37.7 Å². The average Bonchev–Trinajstić information content (AvgIpc) is 2.96. The molecular weight excluding hydrogens is 300 g/mol. The van der Waals surface area contributed by atoms with Crippen molar-refractivity contribution in [1.82, 2.24) is 5.32 Å². The van der Waals surface area contributed by atoms with Crippen molar-refractivity contribution in [3.63, 3.8) is 0 Å². The first-order valence-corrected chi connectivity index (χ1v) is 8.39. The fraction of sp³-hybridized carbons (Fsp3) is 0.625. The summed E-state index contributed by atoms with van der Waals surface area (Å²) in [4.78, 5) is 2.56. The minimum absolute atomic E-state index is 0.661. The van der Waals surface area contributed by atoms with E-state index < -0.39 is 0 Å². The molecule has 3 rings (SSSR count). The van der Waals surface area contributed by atoms with Crippen LogP contribution < -0.4 is 10.2 Å². The molecule has 2 nitrogen and oxygen atoms in total. The zero-order valence-electron chi connectivity index (χ0n) is 11.5. The van der Waals surface area contributed by atoms with E-state index in [0.29, 0.717) is 6.04 Å². The number of benzene rings is 1. The van der Waals surface area contributed by atoms with E-state index in [1.165, 1.54) is 67.5 Å². The Labute approximate surface area is 124 Å². The van der Waals surface area contributed by atoms with Crippen LogP contribution in [-0.2, 0) is 6.42 Å². The molecule has 1 aromatic rings. The maximum atomic E-state index is 3.77. The van der Waals surface area contributed by atoms with E-state index in [-0.39, 0.29) is 0 Å². The summed E-state index contributed by atoms with van der Waals surface area (Å²) in [6.45, 7) is 3.64. The van der Waals surface area contributed by atoms with Gasteiger partial charge in [0.1, 0.15) is 0 Å². The quantitative estimate of drug-likeness (QED) is 0.912. The predicted molar refractivity (Wildman–Crippen MR) is 84.9 cm³/mol. The van der Waals surface area contributed by atoms with E-state index in [2.05, 4.69) is 44.3 Å². The molecule has 2 aliphatic rings. The number of hydrogen-bond acceptors (Lipinski definition) is 2. The third-order valence-electron chi connectivity index (χ3n) is 4.40. The molecule has 1 atom stereocenters. The standard InChI is InChI=1S/C16H23BrN2/c17-15-7-5-8-16(19-10-3-4-11-19)14(15)12-13-6-1-2-9-18-13/h5,7-8,13,18H,1-4,6,9-12H2. The molecule has 2 saturated heterocycles. The van der Waals surface area contributed by atoms with Gasteiger partial charge in [0.2, 0.25) is 0 Å². The molecular formula is C16H23BrN2. The van der Waals surface area contributed by atoms with Crippen molar-refractivity contribution in [2.45, 2.75) is 44.6 Å². The molecule has 1 aromatic carbocycles. The molecule has 0 aromatic heterocycles. The van der Waals surface area contributed by atoms with Crippen molar-refractivity contribution < 1.29 is 0 Å². The van der Waals surface area contributed by atoms with Gasteiger partial charge in [0.15, 0.2) is 0 Å². The lowest BCUT2D eigenvalue weighted by Gasteiger charge is -2.27. The number of anilines is 1. The maximum absolute atomic E-state index is 3.77. The molecule has 0 aliphatic carbocycles. The topological polar surface area (TPSA) is 15.3 Å². The minimum Gasteiger partial charge on any atom is -0.371 e. The summed E-state index contributed by atoms with van der Waals surface area (Å²) in [5.41, 5.74) is 2.96. The van der Waals surface area contributed by atoms with Crippen molar-refractivity contribution in [2.75, 3.05) is 24.5 Å². The highest BCUT2D eigenvalue weighted by Crippen LogP contribution is 2.32. The second kappa shape index (κ2) is 6.27. The van der Waals surface area contributed by atoms with Gasteiger partial charge in [-0.3, -0.25) is 0 Å². The molecule has 2 heterocycles. The molecule has 3 heteroatoms. The van der Waals surface area contributed by atoms with Gasteiger partial charge in [-0.2, -0.15) is 0 Å². The zero-order valence-corrected chi connectivity index (χ0v) is 13.1. The minimum atomic E-state index is 0.661. The molecule has 104 valence electrons. The van der Waals surface area contributed by atoms with Gasteiger partial charge in [0.05, 0.1) is 0 Å². The van der Waals surface area contributed by atoms with Crippen LogP contribution in [0.5, 0.6) is 0 Å². The Bertz CT molecular complexity index is 421. The number of halogens is 1. The van der Waals surface area contributed by atoms with Crippen LogP contribution in [0.25, 0.3) is 0 Å². The lowest BCUT2D eigenvalue weighted by Crippen LogP contribution is -2.36. The van der Waals surface area contributed by atoms with Gasteiger partial charge in [0.25, 0.3) is 0 Å². The Hall–Kier alpha value is -0.540. The summed E-state index contributed by atoms with van der Waals surface area (Å²) in [7, 11) is 0. The summed E-state index contributed by atoms with van der Waals surface area (Å²) < 4.78 is 1.28. The maximum Gasteiger partial charge on any atom is 0.0410 e. The monoisotopic (exact) mass is 322 g/mol. The molecule has 0 radical (unpaired) electrons. The van der Waals surface area contributed by atoms with E-state index >= 15 is 0 Å². The van der Waals surface area contributed by atoms with Crippen molar-refractivity contribution in [2.24, 2.45) is 0 Å². The first-order valence-electron chi connectivity index (χ1n) is 7.60. The molecule has 0 bridgehead atoms. The van der Waals surface area contributed by atoms with Gasteiger partial charge < -0.3 is 10.2 Å². The lowest BCUT2D eigenvalue weighted by atomic mass is 9.96. The Morgan fingerprint density at radius 2 is 2.00 bits per heavy atom. The van der Waals surface area contributed by atoms with Gasteiger partial charge in [-0.05, 0) is 56.3 Å². The third-order valence-corrected chi connectivity index (χ3v) is 5.15. The Balaban J connectivity index is 1.81. The fourth-order valence-electron chi connectivity index (χ4n) is 3.35. The van der Waals surface area contributed by atoms with Crippen LogP contribution in [0.4, 0.5) is 5.69 Å². The zero-order chi connectivity index (χ0) is 13.1. The Morgan fingerprint density at radius 3 is 2.74 bits per heavy atom. The third kappa shape index (κ3) is 3.14. The average molecular weight is 323 g/mol. The van der Waals surface area contributed by atoms with Gasteiger partial charge in [-0.15, -0.1) is 0 Å². The van der Waals surface area contributed by atoms with E-state index in [1.807, 2.05) is 0 Å². The van der Waals surface area contributed by atoms with Crippen LogP contribution >= 0.6 is 15.9 Å². The molecule has 1 N–H and O–H groups in total.